The first-order valence-corrected chi connectivity index (χ1v) is 8.95. The fourth-order valence-electron chi connectivity index (χ4n) is 3.79. The maximum Gasteiger partial charge on any atom is 0.396 e. The van der Waals surface area contributed by atoms with Gasteiger partial charge in [0.05, 0.1) is 18.6 Å². The number of carbonyl (C=O) groups is 1. The van der Waals surface area contributed by atoms with E-state index in [0.29, 0.717) is 11.0 Å². The number of likely N-dealkylation sites (tertiary alicyclic amines) is 1. The molecule has 1 aromatic rings. The Hall–Kier alpha value is -1.26. The molecule has 0 aromatic carbocycles. The zero-order valence-corrected chi connectivity index (χ0v) is 14.9. The molecule has 0 unspecified atom stereocenters. The highest BCUT2D eigenvalue weighted by Gasteiger charge is 2.82. The molecule has 140 valence electrons. The summed E-state index contributed by atoms with van der Waals surface area (Å²) in [5.74, 6) is 0.0000161. The van der Waals surface area contributed by atoms with Crippen molar-refractivity contribution in [1.29, 1.82) is 0 Å². The van der Waals surface area contributed by atoms with E-state index in [1.165, 1.54) is 16.2 Å². The summed E-state index contributed by atoms with van der Waals surface area (Å²) in [5.41, 5.74) is -3.03. The van der Waals surface area contributed by atoms with E-state index in [1.807, 2.05) is 13.8 Å². The summed E-state index contributed by atoms with van der Waals surface area (Å²) in [6.45, 7) is 3.25. The summed E-state index contributed by atoms with van der Waals surface area (Å²) in [7, 11) is 0. The number of halogens is 3. The molecular formula is C15H21F3N4O2S. The number of carbonyl (C=O) groups excluding carboxylic acids is 1. The number of aliphatic hydroxyl groups excluding tert-OH is 1. The number of alkyl halides is 3. The Morgan fingerprint density at radius 3 is 2.68 bits per heavy atom. The fourth-order valence-corrected chi connectivity index (χ4v) is 4.76. The van der Waals surface area contributed by atoms with E-state index >= 15 is 0 Å². The average Bonchev–Trinajstić information content (AvgIpc) is 2.77. The number of fused-ring (bicyclic) bond motifs is 1. The minimum absolute atomic E-state index is 0.0624. The monoisotopic (exact) mass is 378 g/mol. The summed E-state index contributed by atoms with van der Waals surface area (Å²) < 4.78 is 40.0. The molecule has 2 fully saturated rings. The smallest absolute Gasteiger partial charge is 0.396 e. The lowest BCUT2D eigenvalue weighted by Gasteiger charge is -2.21. The van der Waals surface area contributed by atoms with Crippen LogP contribution in [-0.2, 0) is 11.2 Å². The molecule has 2 atom stereocenters. The van der Waals surface area contributed by atoms with Gasteiger partial charge < -0.3 is 5.11 Å². The number of anilines is 1. The molecule has 1 saturated heterocycles. The van der Waals surface area contributed by atoms with Gasteiger partial charge in [0.25, 0.3) is 0 Å². The molecule has 2 aliphatic rings. The van der Waals surface area contributed by atoms with Crippen LogP contribution in [0.25, 0.3) is 0 Å². The second-order valence-corrected chi connectivity index (χ2v) is 8.55. The van der Waals surface area contributed by atoms with Gasteiger partial charge in [-0.2, -0.15) is 13.2 Å². The topological polar surface area (TPSA) is 78.4 Å². The largest absolute Gasteiger partial charge is 0.396 e. The highest BCUT2D eigenvalue weighted by atomic mass is 32.1. The summed E-state index contributed by atoms with van der Waals surface area (Å²) in [6.07, 6.45) is -3.67. The molecule has 3 rings (SSSR count). The SMILES string of the molecule is CC(C)Cc1nnc(NC(=O)CN2C[C@@]3(CO)C[C@@]3(C(F)(F)F)C2)s1. The molecule has 1 aliphatic carbocycles. The molecule has 1 aliphatic heterocycles. The Morgan fingerprint density at radius 1 is 1.40 bits per heavy atom. The van der Waals surface area contributed by atoms with Crippen LogP contribution >= 0.6 is 11.3 Å². The van der Waals surface area contributed by atoms with Gasteiger partial charge >= 0.3 is 6.18 Å². The van der Waals surface area contributed by atoms with Crippen LogP contribution in [0.4, 0.5) is 18.3 Å². The number of hydrogen-bond acceptors (Lipinski definition) is 6. The van der Waals surface area contributed by atoms with Crippen LogP contribution < -0.4 is 5.32 Å². The van der Waals surface area contributed by atoms with Crippen molar-refractivity contribution in [2.24, 2.45) is 16.7 Å². The van der Waals surface area contributed by atoms with Gasteiger partial charge in [0, 0.05) is 24.9 Å². The maximum atomic E-state index is 13.3. The van der Waals surface area contributed by atoms with Crippen LogP contribution in [0, 0.1) is 16.7 Å². The van der Waals surface area contributed by atoms with Gasteiger partial charge in [0.2, 0.25) is 11.0 Å². The summed E-state index contributed by atoms with van der Waals surface area (Å²) in [6, 6.07) is 0. The van der Waals surface area contributed by atoms with Gasteiger partial charge in [-0.1, -0.05) is 25.2 Å². The van der Waals surface area contributed by atoms with Crippen molar-refractivity contribution in [1.82, 2.24) is 15.1 Å². The van der Waals surface area contributed by atoms with Crippen molar-refractivity contribution in [2.45, 2.75) is 32.9 Å². The normalized spacial score (nSPS) is 29.1. The number of amides is 1. The van der Waals surface area contributed by atoms with Gasteiger partial charge in [0.1, 0.15) is 5.01 Å². The van der Waals surface area contributed by atoms with Gasteiger partial charge in [-0.3, -0.25) is 15.0 Å². The fraction of sp³-hybridized carbons (Fsp3) is 0.800. The van der Waals surface area contributed by atoms with E-state index in [0.717, 1.165) is 11.4 Å². The van der Waals surface area contributed by atoms with Crippen LogP contribution in [0.2, 0.25) is 0 Å². The summed E-state index contributed by atoms with van der Waals surface area (Å²) in [4.78, 5) is 13.6. The molecule has 1 aromatic heterocycles. The zero-order chi connectivity index (χ0) is 18.5. The molecule has 1 saturated carbocycles. The predicted octanol–water partition coefficient (Wildman–Crippen LogP) is 1.92. The number of nitrogens with zero attached hydrogens (tertiary/aromatic N) is 3. The van der Waals surface area contributed by atoms with Crippen molar-refractivity contribution in [3.8, 4) is 0 Å². The average molecular weight is 378 g/mol. The van der Waals surface area contributed by atoms with Crippen molar-refractivity contribution >= 4 is 22.4 Å². The Bertz CT molecular complexity index is 665. The molecule has 0 bridgehead atoms. The van der Waals surface area contributed by atoms with E-state index in [4.69, 9.17) is 0 Å². The number of nitrogens with one attached hydrogen (secondary N) is 1. The van der Waals surface area contributed by atoms with Crippen molar-refractivity contribution in [2.75, 3.05) is 31.6 Å². The predicted molar refractivity (Wildman–Crippen MR) is 86.1 cm³/mol. The number of rotatable bonds is 6. The third-order valence-electron chi connectivity index (χ3n) is 5.06. The number of aliphatic hydroxyl groups is 1. The minimum Gasteiger partial charge on any atom is -0.396 e. The highest BCUT2D eigenvalue weighted by Crippen LogP contribution is 2.74. The first-order chi connectivity index (χ1) is 11.6. The lowest BCUT2D eigenvalue weighted by Crippen LogP contribution is -2.37. The van der Waals surface area contributed by atoms with E-state index in [2.05, 4.69) is 15.5 Å². The van der Waals surface area contributed by atoms with Crippen molar-refractivity contribution in [3.05, 3.63) is 5.01 Å². The van der Waals surface area contributed by atoms with Crippen LogP contribution in [0.1, 0.15) is 25.3 Å². The summed E-state index contributed by atoms with van der Waals surface area (Å²) in [5, 5.41) is 21.0. The van der Waals surface area contributed by atoms with Crippen LogP contribution in [0.3, 0.4) is 0 Å². The molecular weight excluding hydrogens is 357 g/mol. The molecule has 10 heteroatoms. The molecule has 2 N–H and O–H groups in total. The van der Waals surface area contributed by atoms with E-state index in [9.17, 15) is 23.1 Å². The molecule has 0 radical (unpaired) electrons. The Kier molecular flexibility index (Phi) is 4.57. The Labute approximate surface area is 147 Å². The van der Waals surface area contributed by atoms with Gasteiger partial charge in [-0.15, -0.1) is 10.2 Å². The molecule has 25 heavy (non-hydrogen) atoms. The van der Waals surface area contributed by atoms with Crippen LogP contribution in [0.5, 0.6) is 0 Å². The van der Waals surface area contributed by atoms with Crippen LogP contribution in [0.15, 0.2) is 0 Å². The first-order valence-electron chi connectivity index (χ1n) is 8.13. The third kappa shape index (κ3) is 3.26. The van der Waals surface area contributed by atoms with Gasteiger partial charge in [-0.25, -0.2) is 0 Å². The second-order valence-electron chi connectivity index (χ2n) is 7.49. The molecule has 1 amide bonds. The van der Waals surface area contributed by atoms with Crippen LogP contribution in [-0.4, -0.2) is 58.5 Å². The molecule has 6 nitrogen and oxygen atoms in total. The quantitative estimate of drug-likeness (QED) is 0.791. The molecule has 2 heterocycles. The lowest BCUT2D eigenvalue weighted by atomic mass is 9.97. The van der Waals surface area contributed by atoms with Gasteiger partial charge in [-0.05, 0) is 12.3 Å². The zero-order valence-electron chi connectivity index (χ0n) is 14.1. The maximum absolute atomic E-state index is 13.3. The third-order valence-corrected chi connectivity index (χ3v) is 5.92. The number of piperidine rings is 1. The number of aromatic nitrogens is 2. The standard InChI is InChI=1S/C15H21F3N4O2S/c1-9(2)3-11-20-21-12(25-11)19-10(24)4-22-6-13(8-23)5-14(13,7-22)15(16,17)18/h9,23H,3-8H2,1-2H3,(H,19,21,24)/t13-,14-/m1/s1. The van der Waals surface area contributed by atoms with E-state index in [-0.39, 0.29) is 26.1 Å². The second kappa shape index (κ2) is 6.17. The lowest BCUT2D eigenvalue weighted by molar-refractivity contribution is -0.194. The molecule has 0 spiro atoms. The van der Waals surface area contributed by atoms with E-state index in [1.54, 1.807) is 0 Å². The first kappa shape index (κ1) is 18.5. The van der Waals surface area contributed by atoms with Crippen molar-refractivity contribution < 1.29 is 23.1 Å². The summed E-state index contributed by atoms with van der Waals surface area (Å²) >= 11 is 1.27. The highest BCUT2D eigenvalue weighted by molar-refractivity contribution is 7.15. The minimum atomic E-state index is -4.37. The van der Waals surface area contributed by atoms with Crippen molar-refractivity contribution in [3.63, 3.8) is 0 Å². The van der Waals surface area contributed by atoms with E-state index < -0.39 is 29.5 Å². The Balaban J connectivity index is 1.57. The number of hydrogen-bond donors (Lipinski definition) is 2. The Morgan fingerprint density at radius 2 is 2.12 bits per heavy atom. The van der Waals surface area contributed by atoms with Gasteiger partial charge in [0.15, 0.2) is 0 Å².